The molecule has 4 heteroatoms. The van der Waals surface area contributed by atoms with Gasteiger partial charge in [-0.2, -0.15) is 0 Å². The SMILES string of the molecule is Clc1ccc(NCc2cccc3cnccc23)cc1Br. The third-order valence-electron chi connectivity index (χ3n) is 3.17. The molecule has 0 aliphatic rings. The van der Waals surface area contributed by atoms with E-state index in [0.29, 0.717) is 5.02 Å². The Morgan fingerprint density at radius 2 is 2.05 bits per heavy atom. The lowest BCUT2D eigenvalue weighted by Gasteiger charge is -2.10. The Labute approximate surface area is 130 Å². The number of aromatic nitrogens is 1. The Morgan fingerprint density at radius 3 is 2.90 bits per heavy atom. The second-order valence-corrected chi connectivity index (χ2v) is 5.76. The van der Waals surface area contributed by atoms with Crippen molar-refractivity contribution in [1.82, 2.24) is 4.98 Å². The number of pyridine rings is 1. The summed E-state index contributed by atoms with van der Waals surface area (Å²) in [7, 11) is 0. The molecule has 1 heterocycles. The lowest BCUT2D eigenvalue weighted by Crippen LogP contribution is -2.00. The summed E-state index contributed by atoms with van der Waals surface area (Å²) in [5.74, 6) is 0. The van der Waals surface area contributed by atoms with Crippen LogP contribution in [-0.4, -0.2) is 4.98 Å². The fraction of sp³-hybridized carbons (Fsp3) is 0.0625. The summed E-state index contributed by atoms with van der Waals surface area (Å²) in [4.78, 5) is 4.15. The molecule has 0 aliphatic carbocycles. The number of hydrogen-bond acceptors (Lipinski definition) is 2. The van der Waals surface area contributed by atoms with Gasteiger partial charge in [0.05, 0.1) is 5.02 Å². The second-order valence-electron chi connectivity index (χ2n) is 4.50. The fourth-order valence-corrected chi connectivity index (χ4v) is 2.64. The summed E-state index contributed by atoms with van der Waals surface area (Å²) < 4.78 is 0.895. The van der Waals surface area contributed by atoms with Crippen LogP contribution < -0.4 is 5.32 Å². The third kappa shape index (κ3) is 2.79. The molecule has 3 rings (SSSR count). The van der Waals surface area contributed by atoms with E-state index in [1.165, 1.54) is 10.9 Å². The summed E-state index contributed by atoms with van der Waals surface area (Å²) in [6.45, 7) is 0.759. The van der Waals surface area contributed by atoms with Crippen molar-refractivity contribution < 1.29 is 0 Å². The lowest BCUT2D eigenvalue weighted by atomic mass is 10.1. The number of hydrogen-bond donors (Lipinski definition) is 1. The number of rotatable bonds is 3. The molecule has 0 atom stereocenters. The fourth-order valence-electron chi connectivity index (χ4n) is 2.15. The molecule has 20 heavy (non-hydrogen) atoms. The van der Waals surface area contributed by atoms with E-state index in [9.17, 15) is 0 Å². The average molecular weight is 348 g/mol. The largest absolute Gasteiger partial charge is 0.381 e. The van der Waals surface area contributed by atoms with Crippen LogP contribution in [0.15, 0.2) is 59.3 Å². The van der Waals surface area contributed by atoms with E-state index in [1.807, 2.05) is 36.7 Å². The number of halogens is 2. The predicted octanol–water partition coefficient (Wildman–Crippen LogP) is 5.26. The van der Waals surface area contributed by atoms with Gasteiger partial charge in [-0.1, -0.05) is 29.8 Å². The van der Waals surface area contributed by atoms with E-state index in [2.05, 4.69) is 44.4 Å². The molecule has 2 aromatic carbocycles. The molecule has 2 nitrogen and oxygen atoms in total. The van der Waals surface area contributed by atoms with E-state index in [-0.39, 0.29) is 0 Å². The average Bonchev–Trinajstić information content (AvgIpc) is 2.48. The van der Waals surface area contributed by atoms with E-state index in [0.717, 1.165) is 22.1 Å². The molecular formula is C16H12BrClN2. The molecule has 0 fully saturated rings. The van der Waals surface area contributed by atoms with Gasteiger partial charge in [-0.25, -0.2) is 0 Å². The first-order chi connectivity index (χ1) is 9.74. The Morgan fingerprint density at radius 1 is 1.15 bits per heavy atom. The van der Waals surface area contributed by atoms with Crippen LogP contribution in [0.3, 0.4) is 0 Å². The number of fused-ring (bicyclic) bond motifs is 1. The van der Waals surface area contributed by atoms with Gasteiger partial charge in [-0.15, -0.1) is 0 Å². The zero-order valence-electron chi connectivity index (χ0n) is 10.6. The van der Waals surface area contributed by atoms with Gasteiger partial charge in [-0.05, 0) is 51.1 Å². The normalized spacial score (nSPS) is 10.7. The molecule has 0 radical (unpaired) electrons. The minimum absolute atomic E-state index is 0.715. The lowest BCUT2D eigenvalue weighted by molar-refractivity contribution is 1.16. The van der Waals surface area contributed by atoms with Gasteiger partial charge in [0.25, 0.3) is 0 Å². The zero-order valence-corrected chi connectivity index (χ0v) is 12.9. The number of benzene rings is 2. The Hall–Kier alpha value is -1.58. The van der Waals surface area contributed by atoms with Crippen molar-refractivity contribution in [3.63, 3.8) is 0 Å². The quantitative estimate of drug-likeness (QED) is 0.699. The Balaban J connectivity index is 1.85. The molecule has 0 aliphatic heterocycles. The molecule has 3 aromatic rings. The van der Waals surface area contributed by atoms with Crippen molar-refractivity contribution in [3.8, 4) is 0 Å². The van der Waals surface area contributed by atoms with E-state index in [4.69, 9.17) is 11.6 Å². The van der Waals surface area contributed by atoms with Crippen LogP contribution in [0.2, 0.25) is 5.02 Å². The first-order valence-electron chi connectivity index (χ1n) is 6.24. The van der Waals surface area contributed by atoms with Crippen LogP contribution >= 0.6 is 27.5 Å². The smallest absolute Gasteiger partial charge is 0.0549 e. The molecule has 0 bridgehead atoms. The molecular weight excluding hydrogens is 336 g/mol. The maximum Gasteiger partial charge on any atom is 0.0549 e. The van der Waals surface area contributed by atoms with Gasteiger partial charge in [0, 0.05) is 34.5 Å². The highest BCUT2D eigenvalue weighted by atomic mass is 79.9. The summed E-state index contributed by atoms with van der Waals surface area (Å²) >= 11 is 9.43. The topological polar surface area (TPSA) is 24.9 Å². The molecule has 0 amide bonds. The van der Waals surface area contributed by atoms with Crippen LogP contribution in [0, 0.1) is 0 Å². The van der Waals surface area contributed by atoms with Crippen LogP contribution in [0.4, 0.5) is 5.69 Å². The number of nitrogens with one attached hydrogen (secondary N) is 1. The van der Waals surface area contributed by atoms with Crippen molar-refractivity contribution in [3.05, 3.63) is 69.9 Å². The van der Waals surface area contributed by atoms with Crippen LogP contribution in [-0.2, 0) is 6.54 Å². The van der Waals surface area contributed by atoms with Crippen molar-refractivity contribution in [1.29, 1.82) is 0 Å². The summed E-state index contributed by atoms with van der Waals surface area (Å²) in [6.07, 6.45) is 3.71. The zero-order chi connectivity index (χ0) is 13.9. The van der Waals surface area contributed by atoms with Gasteiger partial charge in [0.2, 0.25) is 0 Å². The maximum atomic E-state index is 5.99. The third-order valence-corrected chi connectivity index (χ3v) is 4.39. The van der Waals surface area contributed by atoms with E-state index in [1.54, 1.807) is 0 Å². The van der Waals surface area contributed by atoms with Gasteiger partial charge < -0.3 is 5.32 Å². The molecule has 100 valence electrons. The Bertz CT molecular complexity index is 753. The van der Waals surface area contributed by atoms with Crippen molar-refractivity contribution >= 4 is 44.0 Å². The first kappa shape index (κ1) is 13.4. The molecule has 0 spiro atoms. The second kappa shape index (κ2) is 5.81. The monoisotopic (exact) mass is 346 g/mol. The van der Waals surface area contributed by atoms with E-state index >= 15 is 0 Å². The maximum absolute atomic E-state index is 5.99. The van der Waals surface area contributed by atoms with Gasteiger partial charge >= 0.3 is 0 Å². The van der Waals surface area contributed by atoms with Crippen LogP contribution in [0.1, 0.15) is 5.56 Å². The number of anilines is 1. The van der Waals surface area contributed by atoms with Crippen molar-refractivity contribution in [2.24, 2.45) is 0 Å². The Kier molecular flexibility index (Phi) is 3.90. The predicted molar refractivity (Wildman–Crippen MR) is 88.2 cm³/mol. The minimum Gasteiger partial charge on any atom is -0.381 e. The van der Waals surface area contributed by atoms with Gasteiger partial charge in [0.15, 0.2) is 0 Å². The van der Waals surface area contributed by atoms with E-state index < -0.39 is 0 Å². The van der Waals surface area contributed by atoms with Crippen molar-refractivity contribution in [2.75, 3.05) is 5.32 Å². The summed E-state index contributed by atoms with van der Waals surface area (Å²) in [5.41, 5.74) is 2.28. The minimum atomic E-state index is 0.715. The summed E-state index contributed by atoms with van der Waals surface area (Å²) in [6, 6.07) is 14.1. The highest BCUT2D eigenvalue weighted by Crippen LogP contribution is 2.26. The molecule has 1 N–H and O–H groups in total. The summed E-state index contributed by atoms with van der Waals surface area (Å²) in [5, 5.41) is 6.51. The van der Waals surface area contributed by atoms with Gasteiger partial charge in [0.1, 0.15) is 0 Å². The van der Waals surface area contributed by atoms with Crippen LogP contribution in [0.25, 0.3) is 10.8 Å². The van der Waals surface area contributed by atoms with Crippen LogP contribution in [0.5, 0.6) is 0 Å². The standard InChI is InChI=1S/C16H12BrClN2/c17-15-8-13(4-5-16(15)18)20-10-12-3-1-2-11-9-19-7-6-14(11)12/h1-9,20H,10H2. The van der Waals surface area contributed by atoms with Gasteiger partial charge in [-0.3, -0.25) is 4.98 Å². The number of nitrogens with zero attached hydrogens (tertiary/aromatic N) is 1. The highest BCUT2D eigenvalue weighted by Gasteiger charge is 2.02. The molecule has 0 saturated carbocycles. The highest BCUT2D eigenvalue weighted by molar-refractivity contribution is 9.10. The first-order valence-corrected chi connectivity index (χ1v) is 7.42. The molecule has 1 aromatic heterocycles. The molecule has 0 unspecified atom stereocenters. The van der Waals surface area contributed by atoms with Crippen molar-refractivity contribution in [2.45, 2.75) is 6.54 Å². The molecule has 0 saturated heterocycles.